The van der Waals surface area contributed by atoms with Crippen LogP contribution in [0.25, 0.3) is 11.6 Å². The van der Waals surface area contributed by atoms with Crippen molar-refractivity contribution in [3.8, 4) is 11.6 Å². The number of aromatic nitrogens is 2. The standard InChI is InChI=1S/C18H22N2O5/c1-18(2)15-11(5-3-10-23-15)16(18)24-14(21)8-7-13-19-17(20-25-13)12-6-4-9-22-12/h4,6,9,11,15-16H,3,5,7-8,10H2,1-2H3/t11-,15-,16+/m1/s1. The zero-order chi connectivity index (χ0) is 17.4. The van der Waals surface area contributed by atoms with Crippen molar-refractivity contribution in [3.05, 3.63) is 24.3 Å². The fourth-order valence-corrected chi connectivity index (χ4v) is 3.99. The Balaban J connectivity index is 1.31. The molecule has 1 saturated carbocycles. The Labute approximate surface area is 145 Å². The molecule has 0 spiro atoms. The van der Waals surface area contributed by atoms with Gasteiger partial charge in [-0.25, -0.2) is 0 Å². The van der Waals surface area contributed by atoms with E-state index >= 15 is 0 Å². The van der Waals surface area contributed by atoms with Gasteiger partial charge in [-0.05, 0) is 25.0 Å². The number of rotatable bonds is 5. The summed E-state index contributed by atoms with van der Waals surface area (Å²) in [4.78, 5) is 16.5. The molecule has 3 heterocycles. The topological polar surface area (TPSA) is 87.6 Å². The van der Waals surface area contributed by atoms with E-state index in [2.05, 4.69) is 24.0 Å². The van der Waals surface area contributed by atoms with Gasteiger partial charge in [0.2, 0.25) is 11.7 Å². The Morgan fingerprint density at radius 1 is 1.44 bits per heavy atom. The summed E-state index contributed by atoms with van der Waals surface area (Å²) in [6, 6.07) is 3.51. The van der Waals surface area contributed by atoms with Gasteiger partial charge in [-0.1, -0.05) is 19.0 Å². The van der Waals surface area contributed by atoms with Crippen molar-refractivity contribution in [2.24, 2.45) is 11.3 Å². The van der Waals surface area contributed by atoms with Crippen LogP contribution in [0.3, 0.4) is 0 Å². The normalized spacial score (nSPS) is 27.4. The van der Waals surface area contributed by atoms with Gasteiger partial charge in [0.05, 0.1) is 18.8 Å². The molecule has 2 aliphatic rings. The molecule has 1 aliphatic heterocycles. The molecular formula is C18H22N2O5. The highest BCUT2D eigenvalue weighted by Gasteiger charge is 2.60. The summed E-state index contributed by atoms with van der Waals surface area (Å²) in [6.07, 6.45) is 4.32. The van der Waals surface area contributed by atoms with Crippen LogP contribution in [0.15, 0.2) is 27.3 Å². The summed E-state index contributed by atoms with van der Waals surface area (Å²) in [6.45, 7) is 5.01. The van der Waals surface area contributed by atoms with Gasteiger partial charge in [0.15, 0.2) is 5.76 Å². The number of hydrogen-bond donors (Lipinski definition) is 0. The average molecular weight is 346 g/mol. The molecule has 25 heavy (non-hydrogen) atoms. The number of hydrogen-bond acceptors (Lipinski definition) is 7. The van der Waals surface area contributed by atoms with Crippen LogP contribution < -0.4 is 0 Å². The van der Waals surface area contributed by atoms with Crippen LogP contribution in [-0.4, -0.2) is 34.9 Å². The number of fused-ring (bicyclic) bond motifs is 1. The lowest BCUT2D eigenvalue weighted by molar-refractivity contribution is -0.254. The van der Waals surface area contributed by atoms with Crippen LogP contribution >= 0.6 is 0 Å². The third-order valence-corrected chi connectivity index (χ3v) is 5.23. The maximum absolute atomic E-state index is 12.2. The van der Waals surface area contributed by atoms with Crippen LogP contribution in [0.4, 0.5) is 0 Å². The van der Waals surface area contributed by atoms with Crippen molar-refractivity contribution in [3.63, 3.8) is 0 Å². The van der Waals surface area contributed by atoms with Crippen LogP contribution in [0.2, 0.25) is 0 Å². The molecule has 2 fully saturated rings. The van der Waals surface area contributed by atoms with E-state index in [9.17, 15) is 4.79 Å². The first-order valence-corrected chi connectivity index (χ1v) is 8.73. The lowest BCUT2D eigenvalue weighted by Crippen LogP contribution is -2.65. The van der Waals surface area contributed by atoms with Gasteiger partial charge in [-0.15, -0.1) is 0 Å². The zero-order valence-corrected chi connectivity index (χ0v) is 14.4. The van der Waals surface area contributed by atoms with E-state index in [0.717, 1.165) is 19.4 Å². The molecule has 134 valence electrons. The molecule has 0 radical (unpaired) electrons. The largest absolute Gasteiger partial charge is 0.461 e. The molecule has 0 N–H and O–H groups in total. The Hall–Kier alpha value is -2.15. The molecule has 2 aromatic heterocycles. The summed E-state index contributed by atoms with van der Waals surface area (Å²) in [5.74, 6) is 1.41. The van der Waals surface area contributed by atoms with Crippen LogP contribution in [0.1, 0.15) is 39.0 Å². The summed E-state index contributed by atoms with van der Waals surface area (Å²) in [5, 5.41) is 3.85. The third-order valence-electron chi connectivity index (χ3n) is 5.23. The minimum Gasteiger partial charge on any atom is -0.461 e. The maximum atomic E-state index is 12.2. The van der Waals surface area contributed by atoms with Crippen LogP contribution in [0.5, 0.6) is 0 Å². The molecule has 3 atom stereocenters. The first-order valence-electron chi connectivity index (χ1n) is 8.73. The molecule has 7 heteroatoms. The predicted molar refractivity (Wildman–Crippen MR) is 86.4 cm³/mol. The lowest BCUT2D eigenvalue weighted by atomic mass is 9.57. The molecule has 0 amide bonds. The molecule has 0 unspecified atom stereocenters. The lowest BCUT2D eigenvalue weighted by Gasteiger charge is -2.58. The molecular weight excluding hydrogens is 324 g/mol. The second-order valence-electron chi connectivity index (χ2n) is 7.32. The van der Waals surface area contributed by atoms with Gasteiger partial charge in [0.25, 0.3) is 0 Å². The molecule has 7 nitrogen and oxygen atoms in total. The number of carbonyl (C=O) groups is 1. The van der Waals surface area contributed by atoms with Crippen LogP contribution in [0, 0.1) is 11.3 Å². The van der Waals surface area contributed by atoms with Gasteiger partial charge in [-0.3, -0.25) is 4.79 Å². The Morgan fingerprint density at radius 3 is 3.12 bits per heavy atom. The molecule has 4 rings (SSSR count). The Bertz CT molecular complexity index is 736. The van der Waals surface area contributed by atoms with Gasteiger partial charge >= 0.3 is 5.97 Å². The van der Waals surface area contributed by atoms with E-state index in [1.807, 2.05) is 0 Å². The number of esters is 1. The summed E-state index contributed by atoms with van der Waals surface area (Å²) in [5.41, 5.74) is -0.127. The number of aryl methyl sites for hydroxylation is 1. The summed E-state index contributed by atoms with van der Waals surface area (Å²) in [7, 11) is 0. The quantitative estimate of drug-likeness (QED) is 0.769. The first kappa shape index (κ1) is 16.3. The zero-order valence-electron chi connectivity index (χ0n) is 14.4. The number of nitrogens with zero attached hydrogens (tertiary/aromatic N) is 2. The molecule has 0 bridgehead atoms. The third kappa shape index (κ3) is 2.97. The number of furan rings is 1. The molecule has 1 saturated heterocycles. The fraction of sp³-hybridized carbons (Fsp3) is 0.611. The van der Waals surface area contributed by atoms with Crippen molar-refractivity contribution in [1.29, 1.82) is 0 Å². The van der Waals surface area contributed by atoms with E-state index in [4.69, 9.17) is 18.4 Å². The fourth-order valence-electron chi connectivity index (χ4n) is 3.99. The molecule has 2 aromatic rings. The van der Waals surface area contributed by atoms with Crippen molar-refractivity contribution in [1.82, 2.24) is 10.1 Å². The van der Waals surface area contributed by atoms with E-state index in [0.29, 0.717) is 29.8 Å². The average Bonchev–Trinajstić information content (AvgIpc) is 3.29. The van der Waals surface area contributed by atoms with E-state index in [-0.39, 0.29) is 30.0 Å². The van der Waals surface area contributed by atoms with Gasteiger partial charge < -0.3 is 18.4 Å². The van der Waals surface area contributed by atoms with Crippen molar-refractivity contribution < 1.29 is 23.2 Å². The van der Waals surface area contributed by atoms with E-state index < -0.39 is 0 Å². The smallest absolute Gasteiger partial charge is 0.306 e. The van der Waals surface area contributed by atoms with Gasteiger partial charge in [0, 0.05) is 24.4 Å². The number of carbonyl (C=O) groups excluding carboxylic acids is 1. The maximum Gasteiger partial charge on any atom is 0.306 e. The van der Waals surface area contributed by atoms with Gasteiger partial charge in [-0.2, -0.15) is 4.98 Å². The van der Waals surface area contributed by atoms with Crippen molar-refractivity contribution in [2.75, 3.05) is 6.61 Å². The minimum atomic E-state index is -0.236. The van der Waals surface area contributed by atoms with Gasteiger partial charge in [0.1, 0.15) is 6.10 Å². The van der Waals surface area contributed by atoms with E-state index in [1.54, 1.807) is 18.4 Å². The van der Waals surface area contributed by atoms with Crippen molar-refractivity contribution in [2.45, 2.75) is 51.7 Å². The molecule has 1 aliphatic carbocycles. The highest BCUT2D eigenvalue weighted by Crippen LogP contribution is 2.53. The monoisotopic (exact) mass is 346 g/mol. The first-order chi connectivity index (χ1) is 12.1. The Morgan fingerprint density at radius 2 is 2.32 bits per heavy atom. The predicted octanol–water partition coefficient (Wildman–Crippen LogP) is 3.01. The molecule has 0 aromatic carbocycles. The summed E-state index contributed by atoms with van der Waals surface area (Å²) < 4.78 is 22.0. The van der Waals surface area contributed by atoms with Crippen LogP contribution in [-0.2, 0) is 20.7 Å². The highest BCUT2D eigenvalue weighted by atomic mass is 16.6. The van der Waals surface area contributed by atoms with Crippen molar-refractivity contribution >= 4 is 5.97 Å². The summed E-state index contributed by atoms with van der Waals surface area (Å²) >= 11 is 0. The highest BCUT2D eigenvalue weighted by molar-refractivity contribution is 5.70. The SMILES string of the molecule is CC1(C)[C@@H]2OCCC[C@H]2[C@@H]1OC(=O)CCc1nc(-c2ccco2)no1. The second kappa shape index (κ2) is 6.29. The number of ether oxygens (including phenoxy) is 2. The minimum absolute atomic E-state index is 0.0772. The Kier molecular flexibility index (Phi) is 4.11. The van der Waals surface area contributed by atoms with E-state index in [1.165, 1.54) is 0 Å². The second-order valence-corrected chi connectivity index (χ2v) is 7.32.